The summed E-state index contributed by atoms with van der Waals surface area (Å²) in [4.78, 5) is 25.1. The minimum atomic E-state index is -0.656. The number of aryl methyl sites for hydroxylation is 2. The summed E-state index contributed by atoms with van der Waals surface area (Å²) in [6.45, 7) is 5.77. The second-order valence-electron chi connectivity index (χ2n) is 8.04. The van der Waals surface area contributed by atoms with Gasteiger partial charge in [-0.3, -0.25) is 9.59 Å². The highest BCUT2D eigenvalue weighted by Gasteiger charge is 2.19. The smallest absolute Gasteiger partial charge is 0.265 e. The van der Waals surface area contributed by atoms with E-state index in [-0.39, 0.29) is 17.9 Å². The van der Waals surface area contributed by atoms with Crippen LogP contribution in [0.4, 0.5) is 5.69 Å². The maximum absolute atomic E-state index is 12.6. The molecular weight excluding hydrogens is 376 g/mol. The zero-order chi connectivity index (χ0) is 21.5. The summed E-state index contributed by atoms with van der Waals surface area (Å²) in [7, 11) is 0. The first-order chi connectivity index (χ1) is 14.5. The van der Waals surface area contributed by atoms with Crippen molar-refractivity contribution in [2.24, 2.45) is 0 Å². The SMILES string of the molecule is CCc1cccc(C)c1NC(=O)[C@@H](C)Oc1ccc(C(=O)NC2CCCCC2)cc1. The minimum Gasteiger partial charge on any atom is -0.481 e. The van der Waals surface area contributed by atoms with Crippen LogP contribution in [0.5, 0.6) is 5.75 Å². The fourth-order valence-electron chi connectivity index (χ4n) is 3.89. The van der Waals surface area contributed by atoms with Gasteiger partial charge in [-0.2, -0.15) is 0 Å². The molecule has 2 N–H and O–H groups in total. The Morgan fingerprint density at radius 1 is 1.07 bits per heavy atom. The van der Waals surface area contributed by atoms with Crippen LogP contribution in [0.3, 0.4) is 0 Å². The van der Waals surface area contributed by atoms with Crippen LogP contribution in [-0.2, 0) is 11.2 Å². The molecule has 3 rings (SSSR count). The summed E-state index contributed by atoms with van der Waals surface area (Å²) in [5, 5.41) is 6.11. The van der Waals surface area contributed by atoms with Crippen LogP contribution in [0.15, 0.2) is 42.5 Å². The van der Waals surface area contributed by atoms with Crippen molar-refractivity contribution in [3.63, 3.8) is 0 Å². The third-order valence-electron chi connectivity index (χ3n) is 5.73. The number of anilines is 1. The van der Waals surface area contributed by atoms with Crippen molar-refractivity contribution < 1.29 is 14.3 Å². The predicted octanol–water partition coefficient (Wildman–Crippen LogP) is 5.03. The van der Waals surface area contributed by atoms with Gasteiger partial charge >= 0.3 is 0 Å². The Bertz CT molecular complexity index is 870. The topological polar surface area (TPSA) is 67.4 Å². The third-order valence-corrected chi connectivity index (χ3v) is 5.73. The van der Waals surface area contributed by atoms with Gasteiger partial charge in [0.25, 0.3) is 11.8 Å². The van der Waals surface area contributed by atoms with E-state index >= 15 is 0 Å². The maximum Gasteiger partial charge on any atom is 0.265 e. The molecule has 0 heterocycles. The van der Waals surface area contributed by atoms with Crippen molar-refractivity contribution in [2.45, 2.75) is 71.4 Å². The number of carbonyl (C=O) groups is 2. The second-order valence-corrected chi connectivity index (χ2v) is 8.04. The molecule has 1 saturated carbocycles. The first-order valence-electron chi connectivity index (χ1n) is 10.9. The molecule has 1 aliphatic rings. The lowest BCUT2D eigenvalue weighted by molar-refractivity contribution is -0.122. The summed E-state index contributed by atoms with van der Waals surface area (Å²) < 4.78 is 5.80. The molecule has 0 aromatic heterocycles. The highest BCUT2D eigenvalue weighted by atomic mass is 16.5. The van der Waals surface area contributed by atoms with Crippen molar-refractivity contribution in [1.82, 2.24) is 5.32 Å². The Balaban J connectivity index is 1.57. The number of rotatable bonds is 7. The number of hydrogen-bond acceptors (Lipinski definition) is 3. The van der Waals surface area contributed by atoms with Crippen LogP contribution in [0.1, 0.15) is 67.4 Å². The van der Waals surface area contributed by atoms with E-state index in [2.05, 4.69) is 17.6 Å². The second kappa shape index (κ2) is 10.3. The van der Waals surface area contributed by atoms with Gasteiger partial charge in [0.2, 0.25) is 0 Å². The number of benzene rings is 2. The molecule has 2 aromatic carbocycles. The molecule has 0 bridgehead atoms. The molecule has 5 nitrogen and oxygen atoms in total. The lowest BCUT2D eigenvalue weighted by atomic mass is 9.95. The van der Waals surface area contributed by atoms with Crippen molar-refractivity contribution in [1.29, 1.82) is 0 Å². The Labute approximate surface area is 179 Å². The average Bonchev–Trinajstić information content (AvgIpc) is 2.76. The van der Waals surface area contributed by atoms with Gasteiger partial charge in [-0.1, -0.05) is 44.4 Å². The molecule has 1 fully saturated rings. The molecule has 0 aliphatic heterocycles. The fourth-order valence-corrected chi connectivity index (χ4v) is 3.89. The lowest BCUT2D eigenvalue weighted by Gasteiger charge is -2.22. The minimum absolute atomic E-state index is 0.0501. The van der Waals surface area contributed by atoms with Crippen LogP contribution in [-0.4, -0.2) is 24.0 Å². The van der Waals surface area contributed by atoms with E-state index in [9.17, 15) is 9.59 Å². The van der Waals surface area contributed by atoms with Crippen LogP contribution in [0, 0.1) is 6.92 Å². The summed E-state index contributed by atoms with van der Waals surface area (Å²) in [6, 6.07) is 13.2. The molecule has 0 unspecified atom stereocenters. The molecule has 0 radical (unpaired) electrons. The summed E-state index contributed by atoms with van der Waals surface area (Å²) in [5.74, 6) is 0.316. The molecule has 5 heteroatoms. The van der Waals surface area contributed by atoms with Crippen LogP contribution in [0.25, 0.3) is 0 Å². The molecule has 30 heavy (non-hydrogen) atoms. The van der Waals surface area contributed by atoms with Gasteiger partial charge in [0.1, 0.15) is 5.75 Å². The Morgan fingerprint density at radius 3 is 2.43 bits per heavy atom. The lowest BCUT2D eigenvalue weighted by Crippen LogP contribution is -2.36. The third kappa shape index (κ3) is 5.62. The van der Waals surface area contributed by atoms with Gasteiger partial charge < -0.3 is 15.4 Å². The Morgan fingerprint density at radius 2 is 1.77 bits per heavy atom. The number of ether oxygens (including phenoxy) is 1. The summed E-state index contributed by atoms with van der Waals surface area (Å²) in [6.07, 6.45) is 5.92. The van der Waals surface area contributed by atoms with Crippen molar-refractivity contribution in [2.75, 3.05) is 5.32 Å². The predicted molar refractivity (Wildman–Crippen MR) is 120 cm³/mol. The van der Waals surface area contributed by atoms with Gasteiger partial charge in [-0.05, 0) is 68.5 Å². The van der Waals surface area contributed by atoms with E-state index in [0.29, 0.717) is 11.3 Å². The van der Waals surface area contributed by atoms with Crippen molar-refractivity contribution >= 4 is 17.5 Å². The summed E-state index contributed by atoms with van der Waals surface area (Å²) in [5.41, 5.74) is 3.60. The first-order valence-corrected chi connectivity index (χ1v) is 10.9. The fraction of sp³-hybridized carbons (Fsp3) is 0.440. The van der Waals surface area contributed by atoms with Gasteiger partial charge in [-0.25, -0.2) is 0 Å². The van der Waals surface area contributed by atoms with Crippen molar-refractivity contribution in [3.05, 3.63) is 59.2 Å². The van der Waals surface area contributed by atoms with E-state index in [1.165, 1.54) is 19.3 Å². The molecule has 0 spiro atoms. The molecule has 1 atom stereocenters. The molecule has 0 saturated heterocycles. The van der Waals surface area contributed by atoms with E-state index in [1.807, 2.05) is 25.1 Å². The number of amides is 2. The number of nitrogens with one attached hydrogen (secondary N) is 2. The molecule has 160 valence electrons. The molecule has 2 amide bonds. The van der Waals surface area contributed by atoms with Crippen LogP contribution < -0.4 is 15.4 Å². The highest BCUT2D eigenvalue weighted by molar-refractivity contribution is 5.96. The van der Waals surface area contributed by atoms with Gasteiger partial charge in [0.05, 0.1) is 0 Å². The monoisotopic (exact) mass is 408 g/mol. The van der Waals surface area contributed by atoms with Gasteiger partial charge in [-0.15, -0.1) is 0 Å². The Kier molecular flexibility index (Phi) is 7.50. The molecular formula is C25H32N2O3. The largest absolute Gasteiger partial charge is 0.481 e. The Hall–Kier alpha value is -2.82. The van der Waals surface area contributed by atoms with E-state index < -0.39 is 6.10 Å². The number of hydrogen-bond donors (Lipinski definition) is 2. The highest BCUT2D eigenvalue weighted by Crippen LogP contribution is 2.22. The van der Waals surface area contributed by atoms with Crippen molar-refractivity contribution in [3.8, 4) is 5.75 Å². The van der Waals surface area contributed by atoms with E-state index in [4.69, 9.17) is 4.74 Å². The average molecular weight is 409 g/mol. The zero-order valence-electron chi connectivity index (χ0n) is 18.2. The molecule has 1 aliphatic carbocycles. The quantitative estimate of drug-likeness (QED) is 0.675. The maximum atomic E-state index is 12.6. The van der Waals surface area contributed by atoms with E-state index in [0.717, 1.165) is 36.1 Å². The standard InChI is InChI=1S/C25H32N2O3/c1-4-19-10-8-9-17(2)23(19)27-24(28)18(3)30-22-15-13-20(14-16-22)25(29)26-21-11-6-5-7-12-21/h8-10,13-16,18,21H,4-7,11-12H2,1-3H3,(H,26,29)(H,27,28)/t18-/m1/s1. The number of para-hydroxylation sites is 1. The summed E-state index contributed by atoms with van der Waals surface area (Å²) >= 11 is 0. The molecule has 2 aromatic rings. The van der Waals surface area contributed by atoms with Crippen LogP contribution in [0.2, 0.25) is 0 Å². The number of carbonyl (C=O) groups excluding carboxylic acids is 2. The first kappa shape index (κ1) is 21.9. The van der Waals surface area contributed by atoms with E-state index in [1.54, 1.807) is 31.2 Å². The zero-order valence-corrected chi connectivity index (χ0v) is 18.2. The van der Waals surface area contributed by atoms with Crippen LogP contribution >= 0.6 is 0 Å². The normalized spacial score (nSPS) is 15.3. The van der Waals surface area contributed by atoms with Gasteiger partial charge in [0, 0.05) is 17.3 Å². The van der Waals surface area contributed by atoms with Gasteiger partial charge in [0.15, 0.2) is 6.10 Å².